The maximum absolute atomic E-state index is 16.6. The van der Waals surface area contributed by atoms with E-state index in [9.17, 15) is 0 Å². The third kappa shape index (κ3) is 17.9. The number of ether oxygens (including phenoxy) is 1. The van der Waals surface area contributed by atoms with Gasteiger partial charge < -0.3 is 4.74 Å². The average Bonchev–Trinajstić information content (AvgIpc) is 3.38. The van der Waals surface area contributed by atoms with Gasteiger partial charge in [-0.2, -0.15) is 0 Å². The normalized spacial score (nSPS) is 26.4. The molecule has 0 radical (unpaired) electrons. The third-order valence-corrected chi connectivity index (χ3v) is 21.4. The Hall–Kier alpha value is -0.790. The molecule has 0 aliphatic heterocycles. The van der Waals surface area contributed by atoms with Crippen LogP contribution in [0.4, 0.5) is 0 Å². The molecule has 6 fully saturated rings. The molecule has 6 aliphatic carbocycles. The number of hydrogen-bond acceptors (Lipinski definition) is 2. The van der Waals surface area contributed by atoms with Gasteiger partial charge in [0.15, 0.2) is 0 Å². The van der Waals surface area contributed by atoms with Gasteiger partial charge in [0.1, 0.15) is 5.60 Å². The smallest absolute Gasteiger partial charge is 0.334 e. The molecule has 0 saturated heterocycles. The van der Waals surface area contributed by atoms with Crippen molar-refractivity contribution >= 4 is 5.97 Å². The highest BCUT2D eigenvalue weighted by molar-refractivity contribution is 5.89. The van der Waals surface area contributed by atoms with Crippen molar-refractivity contribution in [2.75, 3.05) is 0 Å². The van der Waals surface area contributed by atoms with Gasteiger partial charge in [-0.1, -0.05) is 275 Å². The first-order chi connectivity index (χ1) is 34.1. The summed E-state index contributed by atoms with van der Waals surface area (Å²) in [4.78, 5) is 16.6. The summed E-state index contributed by atoms with van der Waals surface area (Å²) in [7, 11) is 0. The Labute approximate surface area is 431 Å². The molecule has 6 saturated carbocycles. The summed E-state index contributed by atoms with van der Waals surface area (Å²) in [6, 6.07) is 0. The van der Waals surface area contributed by atoms with E-state index in [2.05, 4.69) is 13.8 Å². The second kappa shape index (κ2) is 33.9. The molecule has 0 atom stereocenters. The molecule has 69 heavy (non-hydrogen) atoms. The number of rotatable bonds is 9. The van der Waals surface area contributed by atoms with Gasteiger partial charge in [-0.05, 0) is 126 Å². The fourth-order valence-electron chi connectivity index (χ4n) is 17.5. The van der Waals surface area contributed by atoms with Crippen LogP contribution in [-0.2, 0) is 9.53 Å². The van der Waals surface area contributed by atoms with E-state index in [1.165, 1.54) is 347 Å². The summed E-state index contributed by atoms with van der Waals surface area (Å²) in [5, 5.41) is 0. The lowest BCUT2D eigenvalue weighted by molar-refractivity contribution is -0.191. The lowest BCUT2D eigenvalue weighted by Crippen LogP contribution is -2.55. The molecule has 0 aromatic carbocycles. The minimum atomic E-state index is -0.331. The molecule has 0 N–H and O–H groups in total. The first-order valence-corrected chi connectivity index (χ1v) is 33.0. The Bertz CT molecular complexity index is 1170. The van der Waals surface area contributed by atoms with E-state index >= 15 is 4.79 Å². The lowest BCUT2D eigenvalue weighted by atomic mass is 9.50. The van der Waals surface area contributed by atoms with Crippen LogP contribution in [0.3, 0.4) is 0 Å². The molecule has 2 heteroatoms. The van der Waals surface area contributed by atoms with Crippen molar-refractivity contribution in [3.8, 4) is 0 Å². The molecular formula is C67H120O2. The number of allylic oxidation sites excluding steroid dienone is 1. The maximum atomic E-state index is 16.6. The standard InChI is InChI=1S/C67H120O2/c1-57(58(2)66(59-45-33-21-9-3-10-22-34-46-59,60-47-35-23-11-4-12-24-36-48-60)61-49-37-25-13-5-14-26-38-50-61)65(68)69-67(62-51-39-27-15-6-16-28-40-52-62,63-53-41-29-17-7-18-30-42-54-63)64-55-43-31-19-8-20-32-44-56-64/h59-64H,3-56H2,1-2H3. The summed E-state index contributed by atoms with van der Waals surface area (Å²) in [5.74, 6) is 3.79. The van der Waals surface area contributed by atoms with Gasteiger partial charge in [0.05, 0.1) is 0 Å². The van der Waals surface area contributed by atoms with Gasteiger partial charge in [0.2, 0.25) is 0 Å². The molecule has 6 aliphatic rings. The predicted molar refractivity (Wildman–Crippen MR) is 300 cm³/mol. The summed E-state index contributed by atoms with van der Waals surface area (Å²) in [6.07, 6.45) is 74.8. The van der Waals surface area contributed by atoms with Gasteiger partial charge in [-0.15, -0.1) is 0 Å². The molecule has 0 aromatic heterocycles. The van der Waals surface area contributed by atoms with E-state index in [1.54, 1.807) is 5.57 Å². The molecule has 2 nitrogen and oxygen atoms in total. The van der Waals surface area contributed by atoms with E-state index in [0.29, 0.717) is 35.5 Å². The van der Waals surface area contributed by atoms with Gasteiger partial charge in [-0.3, -0.25) is 0 Å². The number of esters is 1. The van der Waals surface area contributed by atoms with Crippen LogP contribution in [-0.4, -0.2) is 11.6 Å². The maximum Gasteiger partial charge on any atom is 0.334 e. The van der Waals surface area contributed by atoms with Crippen LogP contribution in [0.2, 0.25) is 0 Å². The van der Waals surface area contributed by atoms with Crippen molar-refractivity contribution in [1.82, 2.24) is 0 Å². The topological polar surface area (TPSA) is 26.3 Å². The summed E-state index contributed by atoms with van der Waals surface area (Å²) < 4.78 is 8.25. The lowest BCUT2D eigenvalue weighted by Gasteiger charge is -2.55. The molecule has 0 spiro atoms. The van der Waals surface area contributed by atoms with E-state index in [0.717, 1.165) is 5.57 Å². The van der Waals surface area contributed by atoms with Gasteiger partial charge in [0, 0.05) is 11.0 Å². The van der Waals surface area contributed by atoms with E-state index < -0.39 is 0 Å². The van der Waals surface area contributed by atoms with Crippen LogP contribution >= 0.6 is 0 Å². The number of hydrogen-bond donors (Lipinski definition) is 0. The number of carbonyl (C=O) groups is 1. The van der Waals surface area contributed by atoms with Crippen molar-refractivity contribution in [2.24, 2.45) is 40.9 Å². The second-order valence-electron chi connectivity index (χ2n) is 25.9. The molecule has 6 rings (SSSR count). The van der Waals surface area contributed by atoms with Gasteiger partial charge in [0.25, 0.3) is 0 Å². The monoisotopic (exact) mass is 957 g/mol. The van der Waals surface area contributed by atoms with Crippen LogP contribution in [0.1, 0.15) is 361 Å². The van der Waals surface area contributed by atoms with Gasteiger partial charge >= 0.3 is 5.97 Å². The second-order valence-corrected chi connectivity index (χ2v) is 25.9. The summed E-state index contributed by atoms with van der Waals surface area (Å²) in [6.45, 7) is 5.02. The first kappa shape index (κ1) is 57.5. The van der Waals surface area contributed by atoms with Crippen molar-refractivity contribution < 1.29 is 9.53 Å². The Morgan fingerprint density at radius 3 is 0.609 bits per heavy atom. The zero-order valence-electron chi connectivity index (χ0n) is 47.0. The van der Waals surface area contributed by atoms with Crippen LogP contribution in [0.25, 0.3) is 0 Å². The largest absolute Gasteiger partial charge is 0.455 e. The molecule has 0 unspecified atom stereocenters. The highest BCUT2D eigenvalue weighted by Gasteiger charge is 2.55. The van der Waals surface area contributed by atoms with Crippen LogP contribution in [0.5, 0.6) is 0 Å². The fourth-order valence-corrected chi connectivity index (χ4v) is 17.5. The summed E-state index contributed by atoms with van der Waals surface area (Å²) in [5.41, 5.74) is 2.47. The van der Waals surface area contributed by atoms with Crippen LogP contribution in [0, 0.1) is 40.9 Å². The third-order valence-electron chi connectivity index (χ3n) is 21.4. The minimum Gasteiger partial charge on any atom is -0.455 e. The molecule has 400 valence electrons. The van der Waals surface area contributed by atoms with E-state index in [-0.39, 0.29) is 17.0 Å². The van der Waals surface area contributed by atoms with E-state index in [4.69, 9.17) is 4.74 Å². The molecule has 0 aromatic rings. The molecule has 0 amide bonds. The van der Waals surface area contributed by atoms with Crippen molar-refractivity contribution in [2.45, 2.75) is 366 Å². The quantitative estimate of drug-likeness (QED) is 0.170. The Balaban J connectivity index is 1.54. The van der Waals surface area contributed by atoms with Crippen molar-refractivity contribution in [1.29, 1.82) is 0 Å². The molecule has 0 bridgehead atoms. The first-order valence-electron chi connectivity index (χ1n) is 33.0. The van der Waals surface area contributed by atoms with Crippen LogP contribution < -0.4 is 0 Å². The highest BCUT2D eigenvalue weighted by atomic mass is 16.6. The fraction of sp³-hybridized carbons (Fsp3) is 0.955. The minimum absolute atomic E-state index is 0.104. The molecular weight excluding hydrogens is 837 g/mol. The zero-order valence-corrected chi connectivity index (χ0v) is 47.0. The van der Waals surface area contributed by atoms with Gasteiger partial charge in [-0.25, -0.2) is 4.79 Å². The SMILES string of the molecule is CC(C(=O)OC(C1CCCCCCCCC1)(C1CCCCCCCCC1)C1CCCCCCCCC1)=C(C)C(C1CCCCCCCCC1)(C1CCCCCCCCC1)C1CCCCCCCCC1. The van der Waals surface area contributed by atoms with Crippen LogP contribution in [0.15, 0.2) is 11.1 Å². The Morgan fingerprint density at radius 2 is 0.420 bits per heavy atom. The van der Waals surface area contributed by atoms with E-state index in [1.807, 2.05) is 0 Å². The highest BCUT2D eigenvalue weighted by Crippen LogP contribution is 2.60. The number of carbonyl (C=O) groups excluding carboxylic acids is 1. The average molecular weight is 958 g/mol. The zero-order chi connectivity index (χ0) is 48.1. The summed E-state index contributed by atoms with van der Waals surface area (Å²) >= 11 is 0. The Morgan fingerprint density at radius 1 is 0.261 bits per heavy atom. The Kier molecular flexibility index (Phi) is 28.3. The van der Waals surface area contributed by atoms with Crippen molar-refractivity contribution in [3.63, 3.8) is 0 Å². The predicted octanol–water partition coefficient (Wildman–Crippen LogP) is 22.4. The molecule has 0 heterocycles. The van der Waals surface area contributed by atoms with Crippen molar-refractivity contribution in [3.05, 3.63) is 11.1 Å².